The smallest absolute Gasteiger partial charge is 0.312 e. The Morgan fingerprint density at radius 1 is 0.839 bits per heavy atom. The third-order valence-electron chi connectivity index (χ3n) is 8.10. The summed E-state index contributed by atoms with van der Waals surface area (Å²) in [6.07, 6.45) is -1.17. The Morgan fingerprint density at radius 2 is 1.26 bits per heavy atom. The Labute approximate surface area is 190 Å². The molecule has 31 heavy (non-hydrogen) atoms. The summed E-state index contributed by atoms with van der Waals surface area (Å²) in [5, 5.41) is 0.0472. The van der Waals surface area contributed by atoms with Gasteiger partial charge in [-0.3, -0.25) is 4.79 Å². The van der Waals surface area contributed by atoms with Gasteiger partial charge in [-0.2, -0.15) is 0 Å². The van der Waals surface area contributed by atoms with Crippen LogP contribution in [0.4, 0.5) is 0 Å². The first-order valence-corrected chi connectivity index (χ1v) is 17.5. The standard InChI is InChI=1S/C23H44O6Si2/c1-21(2,3)30(9,10)28-16-14-13-15(25-20(14)24)17(29-31(11,12)22(4,5)6)19-18(16)26-23(7,8)27-19/h14-19H,13H2,1-12H3/t14-,15+,16+,17-,18-,19-/m0/s1. The Kier molecular flexibility index (Phi) is 6.25. The number of rotatable bonds is 4. The van der Waals surface area contributed by atoms with Crippen molar-refractivity contribution in [2.75, 3.05) is 0 Å². The van der Waals surface area contributed by atoms with Crippen molar-refractivity contribution in [1.29, 1.82) is 0 Å². The molecule has 0 unspecified atom stereocenters. The summed E-state index contributed by atoms with van der Waals surface area (Å²) in [7, 11) is -4.30. The lowest BCUT2D eigenvalue weighted by molar-refractivity contribution is -0.165. The molecule has 0 aromatic heterocycles. The van der Waals surface area contributed by atoms with Crippen LogP contribution in [0.15, 0.2) is 0 Å². The van der Waals surface area contributed by atoms with Crippen molar-refractivity contribution < 1.29 is 27.9 Å². The number of fused-ring (bicyclic) bond motifs is 3. The molecular weight excluding hydrogens is 428 g/mol. The number of esters is 1. The molecule has 2 heterocycles. The fourth-order valence-corrected chi connectivity index (χ4v) is 6.84. The predicted octanol–water partition coefficient (Wildman–Crippen LogP) is 5.23. The molecule has 0 spiro atoms. The summed E-state index contributed by atoms with van der Waals surface area (Å²) < 4.78 is 32.5. The third kappa shape index (κ3) is 4.71. The fraction of sp³-hybridized carbons (Fsp3) is 0.957. The molecule has 3 aliphatic rings. The largest absolute Gasteiger partial charge is 0.459 e. The van der Waals surface area contributed by atoms with E-state index in [2.05, 4.69) is 67.7 Å². The van der Waals surface area contributed by atoms with E-state index >= 15 is 0 Å². The summed E-state index contributed by atoms with van der Waals surface area (Å²) in [4.78, 5) is 13.0. The van der Waals surface area contributed by atoms with Crippen molar-refractivity contribution in [2.45, 2.75) is 134 Å². The summed E-state index contributed by atoms with van der Waals surface area (Å²) in [6, 6.07) is 0. The van der Waals surface area contributed by atoms with Gasteiger partial charge < -0.3 is 23.1 Å². The number of hydrogen-bond acceptors (Lipinski definition) is 6. The van der Waals surface area contributed by atoms with Crippen LogP contribution in [-0.4, -0.2) is 58.9 Å². The van der Waals surface area contributed by atoms with E-state index in [1.807, 2.05) is 13.8 Å². The van der Waals surface area contributed by atoms with Crippen LogP contribution in [0.25, 0.3) is 0 Å². The average molecular weight is 473 g/mol. The zero-order chi connectivity index (χ0) is 23.8. The van der Waals surface area contributed by atoms with Gasteiger partial charge in [-0.05, 0) is 50.1 Å². The number of ether oxygens (including phenoxy) is 3. The summed E-state index contributed by atoms with van der Waals surface area (Å²) >= 11 is 0. The van der Waals surface area contributed by atoms with Gasteiger partial charge in [0.25, 0.3) is 0 Å². The van der Waals surface area contributed by atoms with Gasteiger partial charge in [-0.25, -0.2) is 0 Å². The van der Waals surface area contributed by atoms with Crippen molar-refractivity contribution in [1.82, 2.24) is 0 Å². The molecule has 8 heteroatoms. The molecule has 0 N–H and O–H groups in total. The number of carbonyl (C=O) groups excluding carboxylic acids is 1. The first-order chi connectivity index (χ1) is 13.8. The van der Waals surface area contributed by atoms with Gasteiger partial charge in [0.1, 0.15) is 24.4 Å². The summed E-state index contributed by atoms with van der Waals surface area (Å²) in [6.45, 7) is 26.0. The number of hydrogen-bond donors (Lipinski definition) is 0. The molecule has 6 nitrogen and oxygen atoms in total. The Bertz CT molecular complexity index is 706. The Hall–Kier alpha value is -0.256. The van der Waals surface area contributed by atoms with E-state index in [4.69, 9.17) is 23.1 Å². The fourth-order valence-electron chi connectivity index (χ4n) is 4.19. The van der Waals surface area contributed by atoms with Crippen LogP contribution >= 0.6 is 0 Å². The van der Waals surface area contributed by atoms with Crippen LogP contribution in [0.5, 0.6) is 0 Å². The Morgan fingerprint density at radius 3 is 1.71 bits per heavy atom. The quantitative estimate of drug-likeness (QED) is 0.412. The van der Waals surface area contributed by atoms with Gasteiger partial charge >= 0.3 is 5.97 Å². The van der Waals surface area contributed by atoms with E-state index in [0.717, 1.165) is 0 Å². The van der Waals surface area contributed by atoms with Gasteiger partial charge in [0.05, 0.1) is 12.0 Å². The van der Waals surface area contributed by atoms with Crippen LogP contribution < -0.4 is 0 Å². The van der Waals surface area contributed by atoms with Gasteiger partial charge in [0, 0.05) is 6.42 Å². The van der Waals surface area contributed by atoms with E-state index in [1.54, 1.807) is 0 Å². The molecule has 0 aromatic carbocycles. The molecule has 180 valence electrons. The molecule has 6 atom stereocenters. The molecular formula is C23H44O6Si2. The van der Waals surface area contributed by atoms with Crippen molar-refractivity contribution in [3.05, 3.63) is 0 Å². The normalized spacial score (nSPS) is 36.2. The highest BCUT2D eigenvalue weighted by molar-refractivity contribution is 6.74. The van der Waals surface area contributed by atoms with Gasteiger partial charge in [-0.1, -0.05) is 41.5 Å². The molecule has 3 rings (SSSR count). The molecule has 2 saturated heterocycles. The minimum Gasteiger partial charge on any atom is -0.459 e. The lowest BCUT2D eigenvalue weighted by Gasteiger charge is -2.44. The monoisotopic (exact) mass is 472 g/mol. The molecule has 3 fully saturated rings. The maximum atomic E-state index is 13.0. The SMILES string of the molecule is CC1(C)O[C@@H]2[C@@H](O1)[C@H](O[Si](C)(C)C(C)(C)C)[C@@H]1C[C@@H](OC1=O)[C@@H]2O[Si](C)(C)C(C)(C)C. The van der Waals surface area contributed by atoms with Crippen LogP contribution in [0.2, 0.25) is 36.3 Å². The van der Waals surface area contributed by atoms with Crippen molar-refractivity contribution in [2.24, 2.45) is 5.92 Å². The zero-order valence-corrected chi connectivity index (χ0v) is 23.6. The second-order valence-electron chi connectivity index (χ2n) is 13.1. The van der Waals surface area contributed by atoms with Gasteiger partial charge in [-0.15, -0.1) is 0 Å². The lowest BCUT2D eigenvalue weighted by Crippen LogP contribution is -2.57. The second-order valence-corrected chi connectivity index (χ2v) is 22.6. The van der Waals surface area contributed by atoms with E-state index in [9.17, 15) is 4.79 Å². The van der Waals surface area contributed by atoms with Crippen molar-refractivity contribution >= 4 is 22.6 Å². The van der Waals surface area contributed by atoms with Crippen molar-refractivity contribution in [3.8, 4) is 0 Å². The first kappa shape index (κ1) is 25.4. The molecule has 2 bridgehead atoms. The highest BCUT2D eigenvalue weighted by Crippen LogP contribution is 2.49. The third-order valence-corrected chi connectivity index (χ3v) is 17.1. The molecule has 1 aliphatic carbocycles. The lowest BCUT2D eigenvalue weighted by atomic mass is 9.96. The maximum Gasteiger partial charge on any atom is 0.312 e. The minimum atomic E-state index is -2.16. The Balaban J connectivity index is 2.01. The van der Waals surface area contributed by atoms with Gasteiger partial charge in [0.2, 0.25) is 0 Å². The molecule has 0 aromatic rings. The zero-order valence-electron chi connectivity index (χ0n) is 21.6. The summed E-state index contributed by atoms with van der Waals surface area (Å²) in [5.41, 5.74) is 0. The molecule has 0 radical (unpaired) electrons. The van der Waals surface area contributed by atoms with E-state index in [-0.39, 0.29) is 46.4 Å². The molecule has 0 amide bonds. The van der Waals surface area contributed by atoms with Gasteiger partial charge in [0.15, 0.2) is 22.4 Å². The van der Waals surface area contributed by atoms with E-state index in [0.29, 0.717) is 6.42 Å². The van der Waals surface area contributed by atoms with E-state index < -0.39 is 28.5 Å². The molecule has 2 aliphatic heterocycles. The van der Waals surface area contributed by atoms with Crippen LogP contribution in [0, 0.1) is 5.92 Å². The van der Waals surface area contributed by atoms with Crippen molar-refractivity contribution in [3.63, 3.8) is 0 Å². The first-order valence-electron chi connectivity index (χ1n) is 11.7. The minimum absolute atomic E-state index is 0.0166. The maximum absolute atomic E-state index is 13.0. The summed E-state index contributed by atoms with van der Waals surface area (Å²) in [5.74, 6) is -1.30. The highest BCUT2D eigenvalue weighted by atomic mass is 28.4. The molecule has 1 saturated carbocycles. The highest BCUT2D eigenvalue weighted by Gasteiger charge is 2.63. The number of carbonyl (C=O) groups is 1. The predicted molar refractivity (Wildman–Crippen MR) is 126 cm³/mol. The van der Waals surface area contributed by atoms with Crippen LogP contribution in [-0.2, 0) is 27.9 Å². The van der Waals surface area contributed by atoms with E-state index in [1.165, 1.54) is 0 Å². The van der Waals surface area contributed by atoms with Crippen LogP contribution in [0.1, 0.15) is 61.8 Å². The van der Waals surface area contributed by atoms with Crippen LogP contribution in [0.3, 0.4) is 0 Å². The average Bonchev–Trinajstić information content (AvgIpc) is 3.05. The topological polar surface area (TPSA) is 63.2 Å². The second kappa shape index (κ2) is 7.63.